The van der Waals surface area contributed by atoms with Gasteiger partial charge in [-0.1, -0.05) is 36.4 Å². The summed E-state index contributed by atoms with van der Waals surface area (Å²) < 4.78 is 26.2. The molecule has 0 bridgehead atoms. The summed E-state index contributed by atoms with van der Waals surface area (Å²) in [4.78, 5) is 13.3. The average molecular weight is 497 g/mol. The van der Waals surface area contributed by atoms with Gasteiger partial charge < -0.3 is 14.4 Å². The van der Waals surface area contributed by atoms with E-state index in [0.717, 1.165) is 27.6 Å². The third-order valence-corrected chi connectivity index (χ3v) is 7.62. The van der Waals surface area contributed by atoms with Crippen LogP contribution >= 0.6 is 0 Å². The highest BCUT2D eigenvalue weighted by Crippen LogP contribution is 2.57. The third kappa shape index (κ3) is 3.38. The van der Waals surface area contributed by atoms with Crippen LogP contribution in [-0.4, -0.2) is 17.8 Å². The Morgan fingerprint density at radius 3 is 2.41 bits per heavy atom. The molecule has 37 heavy (non-hydrogen) atoms. The van der Waals surface area contributed by atoms with Crippen molar-refractivity contribution in [3.05, 3.63) is 111 Å². The van der Waals surface area contributed by atoms with E-state index in [1.54, 1.807) is 12.1 Å². The Morgan fingerprint density at radius 2 is 1.73 bits per heavy atom. The molecule has 4 aromatic carbocycles. The van der Waals surface area contributed by atoms with Crippen LogP contribution in [0.25, 0.3) is 16.8 Å². The van der Waals surface area contributed by atoms with E-state index in [0.29, 0.717) is 23.6 Å². The van der Waals surface area contributed by atoms with Crippen molar-refractivity contribution >= 4 is 28.2 Å². The Hall–Kier alpha value is -4.39. The van der Waals surface area contributed by atoms with Gasteiger partial charge in [0.05, 0.1) is 23.5 Å². The van der Waals surface area contributed by atoms with Gasteiger partial charge in [0.25, 0.3) is 5.69 Å². The van der Waals surface area contributed by atoms with E-state index >= 15 is 0 Å². The van der Waals surface area contributed by atoms with Gasteiger partial charge in [-0.3, -0.25) is 10.1 Å². The highest BCUT2D eigenvalue weighted by atomic mass is 19.1. The number of hydrogen-bond donors (Lipinski definition) is 0. The fourth-order valence-corrected chi connectivity index (χ4v) is 5.61. The molecule has 0 aromatic heterocycles. The minimum atomic E-state index is -0.975. The van der Waals surface area contributed by atoms with E-state index in [2.05, 4.69) is 43.0 Å². The summed E-state index contributed by atoms with van der Waals surface area (Å²) in [5.74, 6) is 0.456. The molecule has 0 aliphatic carbocycles. The fourth-order valence-electron chi connectivity index (χ4n) is 5.61. The molecular weight excluding hydrogens is 471 g/mol. The van der Waals surface area contributed by atoms with Crippen LogP contribution in [0, 0.1) is 15.9 Å². The maximum absolute atomic E-state index is 13.7. The number of rotatable bonds is 4. The van der Waals surface area contributed by atoms with Gasteiger partial charge in [0.15, 0.2) is 11.5 Å². The number of anilines is 1. The van der Waals surface area contributed by atoms with Gasteiger partial charge in [0.1, 0.15) is 5.82 Å². The summed E-state index contributed by atoms with van der Waals surface area (Å²) in [7, 11) is 1.48. The normalized spacial score (nSPS) is 19.0. The molecule has 0 fully saturated rings. The molecule has 0 radical (unpaired) electrons. The molecule has 6 rings (SSSR count). The Balaban J connectivity index is 1.57. The lowest BCUT2D eigenvalue weighted by Crippen LogP contribution is -2.59. The zero-order valence-electron chi connectivity index (χ0n) is 20.7. The lowest BCUT2D eigenvalue weighted by Gasteiger charge is -2.47. The summed E-state index contributed by atoms with van der Waals surface area (Å²) in [6.45, 7) is 4.74. The maximum Gasteiger partial charge on any atom is 0.274 e. The van der Waals surface area contributed by atoms with Gasteiger partial charge in [-0.25, -0.2) is 4.39 Å². The van der Waals surface area contributed by atoms with E-state index in [9.17, 15) is 14.5 Å². The second-order valence-electron chi connectivity index (χ2n) is 10.0. The zero-order valence-corrected chi connectivity index (χ0v) is 20.7. The first-order chi connectivity index (χ1) is 17.7. The van der Waals surface area contributed by atoms with Crippen LogP contribution in [0.3, 0.4) is 0 Å². The predicted octanol–water partition coefficient (Wildman–Crippen LogP) is 7.00. The van der Waals surface area contributed by atoms with Crippen LogP contribution in [0.2, 0.25) is 0 Å². The molecule has 0 N–H and O–H groups in total. The number of non-ortho nitro benzene ring substituents is 1. The third-order valence-electron chi connectivity index (χ3n) is 7.62. The molecule has 0 saturated heterocycles. The van der Waals surface area contributed by atoms with Crippen molar-refractivity contribution in [2.24, 2.45) is 0 Å². The second kappa shape index (κ2) is 8.06. The zero-order chi connectivity index (χ0) is 25.9. The number of benzene rings is 4. The van der Waals surface area contributed by atoms with Gasteiger partial charge in [0, 0.05) is 23.9 Å². The summed E-state index contributed by atoms with van der Waals surface area (Å²) in [5.41, 5.74) is 2.06. The number of methoxy groups -OCH3 is 1. The standard InChI is InChI=1S/C30H25FN2O4/c1-29(2)25-15-20-6-4-5-7-21(20)16-26(25)32(18-19-8-10-23(31)11-9-19)30(29)13-12-22-14-24(33(34)35)17-27(36-3)28(22)37-30/h4-17H,18H2,1-3H3. The van der Waals surface area contributed by atoms with E-state index in [-0.39, 0.29) is 11.5 Å². The molecule has 7 heteroatoms. The Morgan fingerprint density at radius 1 is 1.03 bits per heavy atom. The lowest BCUT2D eigenvalue weighted by atomic mass is 9.76. The van der Waals surface area contributed by atoms with E-state index in [1.165, 1.54) is 31.4 Å². The van der Waals surface area contributed by atoms with Gasteiger partial charge in [-0.15, -0.1) is 0 Å². The fraction of sp³-hybridized carbons (Fsp3) is 0.200. The second-order valence-corrected chi connectivity index (χ2v) is 10.0. The average Bonchev–Trinajstić information content (AvgIpc) is 3.06. The minimum absolute atomic E-state index is 0.0665. The first kappa shape index (κ1) is 23.0. The van der Waals surface area contributed by atoms with Crippen molar-refractivity contribution in [3.8, 4) is 11.5 Å². The number of ether oxygens (including phenoxy) is 2. The Bertz CT molecular complexity index is 1600. The van der Waals surface area contributed by atoms with Crippen molar-refractivity contribution in [1.29, 1.82) is 0 Å². The molecule has 1 unspecified atom stereocenters. The van der Waals surface area contributed by atoms with Crippen molar-refractivity contribution < 1.29 is 18.8 Å². The summed E-state index contributed by atoms with van der Waals surface area (Å²) >= 11 is 0. The number of halogens is 1. The van der Waals surface area contributed by atoms with Crippen molar-refractivity contribution in [2.45, 2.75) is 31.5 Å². The summed E-state index contributed by atoms with van der Waals surface area (Å²) in [6.07, 6.45) is 3.85. The molecule has 6 nitrogen and oxygen atoms in total. The number of nitro groups is 1. The molecule has 0 saturated carbocycles. The van der Waals surface area contributed by atoms with Gasteiger partial charge >= 0.3 is 0 Å². The maximum atomic E-state index is 13.7. The first-order valence-electron chi connectivity index (χ1n) is 12.0. The molecule has 4 aromatic rings. The van der Waals surface area contributed by atoms with Crippen LogP contribution in [0.15, 0.2) is 78.9 Å². The van der Waals surface area contributed by atoms with Gasteiger partial charge in [0.2, 0.25) is 5.72 Å². The van der Waals surface area contributed by atoms with Crippen LogP contribution < -0.4 is 14.4 Å². The largest absolute Gasteiger partial charge is 0.493 e. The quantitative estimate of drug-likeness (QED) is 0.225. The van der Waals surface area contributed by atoms with Crippen molar-refractivity contribution in [3.63, 3.8) is 0 Å². The van der Waals surface area contributed by atoms with Crippen LogP contribution in [-0.2, 0) is 12.0 Å². The highest BCUT2D eigenvalue weighted by Gasteiger charge is 2.59. The molecule has 0 amide bonds. The summed E-state index contributed by atoms with van der Waals surface area (Å²) in [6, 6.07) is 21.9. The molecular formula is C30H25FN2O4. The van der Waals surface area contributed by atoms with Gasteiger partial charge in [-0.05, 0) is 72.2 Å². The summed E-state index contributed by atoms with van der Waals surface area (Å²) in [5, 5.41) is 13.7. The lowest BCUT2D eigenvalue weighted by molar-refractivity contribution is -0.385. The monoisotopic (exact) mass is 496 g/mol. The Labute approximate surface area is 213 Å². The molecule has 1 spiro atoms. The molecule has 1 atom stereocenters. The highest BCUT2D eigenvalue weighted by molar-refractivity contribution is 5.90. The Kier molecular flexibility index (Phi) is 5.02. The van der Waals surface area contributed by atoms with E-state index in [1.807, 2.05) is 24.3 Å². The van der Waals surface area contributed by atoms with Crippen molar-refractivity contribution in [2.75, 3.05) is 12.0 Å². The number of nitro benzene ring substituents is 1. The van der Waals surface area contributed by atoms with Crippen LogP contribution in [0.5, 0.6) is 11.5 Å². The van der Waals surface area contributed by atoms with E-state index in [4.69, 9.17) is 9.47 Å². The first-order valence-corrected chi connectivity index (χ1v) is 12.0. The van der Waals surface area contributed by atoms with E-state index < -0.39 is 16.1 Å². The SMILES string of the molecule is COc1cc([N+](=O)[O-])cc2c1OC1(C=C2)N(Cc2ccc(F)cc2)c2cc3ccccc3cc2C1(C)C. The topological polar surface area (TPSA) is 64.8 Å². The number of nitrogens with zero attached hydrogens (tertiary/aromatic N) is 2. The molecule has 2 heterocycles. The molecule has 186 valence electrons. The van der Waals surface area contributed by atoms with Crippen LogP contribution in [0.4, 0.5) is 15.8 Å². The number of fused-ring (bicyclic) bond motifs is 3. The van der Waals surface area contributed by atoms with Crippen molar-refractivity contribution in [1.82, 2.24) is 0 Å². The molecule has 2 aliphatic heterocycles. The number of hydrogen-bond acceptors (Lipinski definition) is 5. The predicted molar refractivity (Wildman–Crippen MR) is 142 cm³/mol. The minimum Gasteiger partial charge on any atom is -0.493 e. The van der Waals surface area contributed by atoms with Gasteiger partial charge in [-0.2, -0.15) is 0 Å². The smallest absolute Gasteiger partial charge is 0.274 e. The molecule has 2 aliphatic rings. The van der Waals surface area contributed by atoms with Crippen LogP contribution in [0.1, 0.15) is 30.5 Å².